The van der Waals surface area contributed by atoms with Crippen molar-refractivity contribution >= 4 is 12.4 Å². The van der Waals surface area contributed by atoms with Crippen LogP contribution in [0.4, 0.5) is 8.78 Å². The number of aromatic nitrogens is 2. The van der Waals surface area contributed by atoms with Crippen LogP contribution < -0.4 is 5.73 Å². The van der Waals surface area contributed by atoms with E-state index in [9.17, 15) is 8.78 Å². The molecule has 23 heavy (non-hydrogen) atoms. The summed E-state index contributed by atoms with van der Waals surface area (Å²) in [5.74, 6) is -0.0220. The lowest BCUT2D eigenvalue weighted by molar-refractivity contribution is 0.348. The molecule has 0 aliphatic heterocycles. The zero-order valence-corrected chi connectivity index (χ0v) is 13.3. The van der Waals surface area contributed by atoms with Gasteiger partial charge in [-0.1, -0.05) is 24.1 Å². The van der Waals surface area contributed by atoms with Gasteiger partial charge in [0.05, 0.1) is 5.54 Å². The molecule has 0 radical (unpaired) electrons. The van der Waals surface area contributed by atoms with Crippen LogP contribution in [-0.2, 0) is 5.54 Å². The first-order valence-corrected chi connectivity index (χ1v) is 7.65. The van der Waals surface area contributed by atoms with E-state index in [2.05, 4.69) is 10.1 Å². The number of nitrogens with zero attached hydrogens (tertiary/aromatic N) is 2. The SMILES string of the molecule is Cl.NC1(c2noc(C3CC3c3ccc(F)cc3F)n2)CCCC1. The molecular weight excluding hydrogens is 324 g/mol. The smallest absolute Gasteiger partial charge is 0.230 e. The molecule has 0 bridgehead atoms. The first-order chi connectivity index (χ1) is 10.6. The third-order valence-electron chi connectivity index (χ3n) is 4.85. The lowest BCUT2D eigenvalue weighted by atomic mass is 9.99. The largest absolute Gasteiger partial charge is 0.339 e. The van der Waals surface area contributed by atoms with Gasteiger partial charge in [-0.05, 0) is 36.8 Å². The van der Waals surface area contributed by atoms with Crippen molar-refractivity contribution < 1.29 is 13.3 Å². The minimum atomic E-state index is -0.565. The zero-order valence-electron chi connectivity index (χ0n) is 12.5. The van der Waals surface area contributed by atoms with Gasteiger partial charge in [-0.25, -0.2) is 8.78 Å². The first-order valence-electron chi connectivity index (χ1n) is 7.65. The Labute approximate surface area is 138 Å². The molecule has 2 unspecified atom stereocenters. The Morgan fingerprint density at radius 1 is 1.17 bits per heavy atom. The number of hydrogen-bond donors (Lipinski definition) is 1. The van der Waals surface area contributed by atoms with E-state index in [1.165, 1.54) is 12.1 Å². The van der Waals surface area contributed by atoms with E-state index >= 15 is 0 Å². The van der Waals surface area contributed by atoms with E-state index in [1.54, 1.807) is 0 Å². The summed E-state index contributed by atoms with van der Waals surface area (Å²) in [6, 6.07) is 3.69. The van der Waals surface area contributed by atoms with Crippen LogP contribution in [0.1, 0.15) is 61.2 Å². The Bertz CT molecular complexity index is 715. The average Bonchev–Trinajstić information content (AvgIpc) is 2.91. The van der Waals surface area contributed by atoms with Crippen molar-refractivity contribution in [3.05, 3.63) is 47.1 Å². The molecule has 2 aromatic rings. The fraction of sp³-hybridized carbons (Fsp3) is 0.500. The lowest BCUT2D eigenvalue weighted by Gasteiger charge is -2.17. The summed E-state index contributed by atoms with van der Waals surface area (Å²) in [7, 11) is 0. The fourth-order valence-corrected chi connectivity index (χ4v) is 3.43. The van der Waals surface area contributed by atoms with E-state index < -0.39 is 17.2 Å². The number of nitrogens with two attached hydrogens (primary N) is 1. The molecule has 0 amide bonds. The van der Waals surface area contributed by atoms with Gasteiger partial charge in [-0.3, -0.25) is 0 Å². The van der Waals surface area contributed by atoms with Crippen LogP contribution in [0.25, 0.3) is 0 Å². The maximum atomic E-state index is 13.8. The number of rotatable bonds is 3. The molecular formula is C16H18ClF2N3O. The van der Waals surface area contributed by atoms with Crippen LogP contribution >= 0.6 is 12.4 Å². The van der Waals surface area contributed by atoms with Crippen LogP contribution in [0.15, 0.2) is 22.7 Å². The topological polar surface area (TPSA) is 64.9 Å². The molecule has 2 N–H and O–H groups in total. The molecule has 1 aromatic carbocycles. The summed E-state index contributed by atoms with van der Waals surface area (Å²) in [6.07, 6.45) is 4.63. The van der Waals surface area contributed by atoms with Crippen molar-refractivity contribution in [1.82, 2.24) is 10.1 Å². The van der Waals surface area contributed by atoms with Crippen molar-refractivity contribution in [2.45, 2.75) is 49.5 Å². The summed E-state index contributed by atoms with van der Waals surface area (Å²) < 4.78 is 32.1. The van der Waals surface area contributed by atoms with E-state index in [-0.39, 0.29) is 24.2 Å². The molecule has 4 nitrogen and oxygen atoms in total. The van der Waals surface area contributed by atoms with Gasteiger partial charge in [0.1, 0.15) is 11.6 Å². The van der Waals surface area contributed by atoms with Gasteiger partial charge in [-0.2, -0.15) is 4.98 Å². The van der Waals surface area contributed by atoms with Crippen LogP contribution in [0.2, 0.25) is 0 Å². The van der Waals surface area contributed by atoms with Gasteiger partial charge in [0.15, 0.2) is 5.82 Å². The van der Waals surface area contributed by atoms with E-state index in [0.717, 1.165) is 38.2 Å². The molecule has 2 atom stereocenters. The summed E-state index contributed by atoms with van der Waals surface area (Å²) >= 11 is 0. The Morgan fingerprint density at radius 2 is 1.91 bits per heavy atom. The highest BCUT2D eigenvalue weighted by atomic mass is 35.5. The van der Waals surface area contributed by atoms with Gasteiger partial charge in [0, 0.05) is 12.0 Å². The standard InChI is InChI=1S/C16H17F2N3O.ClH/c17-9-3-4-10(13(18)7-9)11-8-12(11)14-20-15(21-22-14)16(19)5-1-2-6-16;/h3-4,7,11-12H,1-2,5-6,8,19H2;1H. The highest BCUT2D eigenvalue weighted by Gasteiger charge is 2.46. The lowest BCUT2D eigenvalue weighted by Crippen LogP contribution is -2.34. The molecule has 1 heterocycles. The second-order valence-corrected chi connectivity index (χ2v) is 6.43. The van der Waals surface area contributed by atoms with Crippen molar-refractivity contribution in [3.63, 3.8) is 0 Å². The maximum absolute atomic E-state index is 13.8. The molecule has 0 spiro atoms. The summed E-state index contributed by atoms with van der Waals surface area (Å²) in [5.41, 5.74) is 6.34. The van der Waals surface area contributed by atoms with Crippen LogP contribution in [0.3, 0.4) is 0 Å². The minimum absolute atomic E-state index is 0. The zero-order chi connectivity index (χ0) is 15.3. The number of hydrogen-bond acceptors (Lipinski definition) is 4. The normalized spacial score (nSPS) is 25.2. The predicted molar refractivity (Wildman–Crippen MR) is 82.3 cm³/mol. The quantitative estimate of drug-likeness (QED) is 0.923. The first kappa shape index (κ1) is 16.3. The van der Waals surface area contributed by atoms with E-state index in [1.807, 2.05) is 0 Å². The summed E-state index contributed by atoms with van der Waals surface area (Å²) in [4.78, 5) is 4.45. The van der Waals surface area contributed by atoms with Gasteiger partial charge >= 0.3 is 0 Å². The van der Waals surface area contributed by atoms with Crippen LogP contribution in [-0.4, -0.2) is 10.1 Å². The molecule has 1 aromatic heterocycles. The molecule has 124 valence electrons. The third kappa shape index (κ3) is 2.85. The second kappa shape index (κ2) is 5.83. The van der Waals surface area contributed by atoms with Crippen molar-refractivity contribution in [2.75, 3.05) is 0 Å². The van der Waals surface area contributed by atoms with Crippen molar-refractivity contribution in [1.29, 1.82) is 0 Å². The Morgan fingerprint density at radius 3 is 2.61 bits per heavy atom. The molecule has 2 saturated carbocycles. The fourth-order valence-electron chi connectivity index (χ4n) is 3.43. The molecule has 7 heteroatoms. The Kier molecular flexibility index (Phi) is 4.14. The average molecular weight is 342 g/mol. The van der Waals surface area contributed by atoms with Crippen LogP contribution in [0, 0.1) is 11.6 Å². The maximum Gasteiger partial charge on any atom is 0.230 e. The van der Waals surface area contributed by atoms with E-state index in [0.29, 0.717) is 17.3 Å². The number of benzene rings is 1. The van der Waals surface area contributed by atoms with E-state index in [4.69, 9.17) is 10.3 Å². The van der Waals surface area contributed by atoms with Gasteiger partial charge in [-0.15, -0.1) is 12.4 Å². The third-order valence-corrected chi connectivity index (χ3v) is 4.85. The minimum Gasteiger partial charge on any atom is -0.339 e. The second-order valence-electron chi connectivity index (χ2n) is 6.43. The molecule has 4 rings (SSSR count). The van der Waals surface area contributed by atoms with Gasteiger partial charge in [0.2, 0.25) is 5.89 Å². The number of halogens is 3. The summed E-state index contributed by atoms with van der Waals surface area (Å²) in [6.45, 7) is 0. The predicted octanol–water partition coefficient (Wildman–Crippen LogP) is 3.77. The van der Waals surface area contributed by atoms with Gasteiger partial charge < -0.3 is 10.3 Å². The molecule has 2 aliphatic rings. The molecule has 0 saturated heterocycles. The van der Waals surface area contributed by atoms with Gasteiger partial charge in [0.25, 0.3) is 0 Å². The molecule has 2 fully saturated rings. The van der Waals surface area contributed by atoms with Crippen molar-refractivity contribution in [2.24, 2.45) is 5.73 Å². The highest BCUT2D eigenvalue weighted by Crippen LogP contribution is 2.55. The molecule has 2 aliphatic carbocycles. The Balaban J connectivity index is 0.00000156. The van der Waals surface area contributed by atoms with Crippen LogP contribution in [0.5, 0.6) is 0 Å². The van der Waals surface area contributed by atoms with Crippen molar-refractivity contribution in [3.8, 4) is 0 Å². The Hall–Kier alpha value is -1.53. The monoisotopic (exact) mass is 341 g/mol. The summed E-state index contributed by atoms with van der Waals surface area (Å²) in [5, 5.41) is 4.03. The highest BCUT2D eigenvalue weighted by molar-refractivity contribution is 5.85.